The van der Waals surface area contributed by atoms with E-state index in [4.69, 9.17) is 0 Å². The zero-order valence-corrected chi connectivity index (χ0v) is 13.4. The zero-order chi connectivity index (χ0) is 15.2. The second-order valence-electron chi connectivity index (χ2n) is 5.79. The van der Waals surface area contributed by atoms with Crippen LogP contribution in [0.3, 0.4) is 0 Å². The van der Waals surface area contributed by atoms with Crippen molar-refractivity contribution < 1.29 is 0 Å². The molecular formula is C18H25N3. The largest absolute Gasteiger partial charge is 0.304 e. The first-order valence-corrected chi connectivity index (χ1v) is 7.71. The average Bonchev–Trinajstić information content (AvgIpc) is 2.48. The molecule has 2 aromatic rings. The summed E-state index contributed by atoms with van der Waals surface area (Å²) in [6, 6.07) is 11.2. The Kier molecular flexibility index (Phi) is 5.45. The van der Waals surface area contributed by atoms with Crippen molar-refractivity contribution in [1.82, 2.24) is 15.3 Å². The van der Waals surface area contributed by atoms with Crippen molar-refractivity contribution in [1.29, 1.82) is 0 Å². The predicted octanol–water partition coefficient (Wildman–Crippen LogP) is 3.83. The summed E-state index contributed by atoms with van der Waals surface area (Å²) in [5, 5.41) is 3.63. The summed E-state index contributed by atoms with van der Waals surface area (Å²) in [7, 11) is 0. The van der Waals surface area contributed by atoms with Gasteiger partial charge in [0.15, 0.2) is 0 Å². The summed E-state index contributed by atoms with van der Waals surface area (Å²) < 4.78 is 0. The Labute approximate surface area is 127 Å². The highest BCUT2D eigenvalue weighted by molar-refractivity contribution is 5.25. The molecule has 3 heteroatoms. The third-order valence-electron chi connectivity index (χ3n) is 3.75. The van der Waals surface area contributed by atoms with Gasteiger partial charge in [-0.2, -0.15) is 0 Å². The van der Waals surface area contributed by atoms with Gasteiger partial charge >= 0.3 is 0 Å². The number of benzene rings is 1. The Morgan fingerprint density at radius 1 is 1.10 bits per heavy atom. The molecule has 1 N–H and O–H groups in total. The number of aromatic nitrogens is 2. The molecule has 0 radical (unpaired) electrons. The molecule has 2 rings (SSSR count). The van der Waals surface area contributed by atoms with E-state index in [0.29, 0.717) is 12.0 Å². The quantitative estimate of drug-likeness (QED) is 0.875. The van der Waals surface area contributed by atoms with Gasteiger partial charge in [0, 0.05) is 18.8 Å². The van der Waals surface area contributed by atoms with Crippen LogP contribution >= 0.6 is 0 Å². The van der Waals surface area contributed by atoms with Crippen LogP contribution in [0.2, 0.25) is 0 Å². The lowest BCUT2D eigenvalue weighted by Gasteiger charge is -2.23. The minimum absolute atomic E-state index is 0.339. The third-order valence-corrected chi connectivity index (χ3v) is 3.75. The molecule has 0 saturated carbocycles. The molecule has 0 bridgehead atoms. The molecule has 1 unspecified atom stereocenters. The van der Waals surface area contributed by atoms with E-state index in [1.807, 2.05) is 19.2 Å². The van der Waals surface area contributed by atoms with Gasteiger partial charge in [-0.25, -0.2) is 9.97 Å². The lowest BCUT2D eigenvalue weighted by Crippen LogP contribution is -2.26. The van der Waals surface area contributed by atoms with Gasteiger partial charge in [-0.15, -0.1) is 0 Å². The van der Waals surface area contributed by atoms with Gasteiger partial charge in [0.05, 0.1) is 5.69 Å². The SMILES string of the molecule is CCc1ccc(C(NCc2ccnc(C)n2)C(C)C)cc1. The molecule has 0 amide bonds. The number of aryl methyl sites for hydroxylation is 2. The van der Waals surface area contributed by atoms with Gasteiger partial charge in [0.2, 0.25) is 0 Å². The molecular weight excluding hydrogens is 258 g/mol. The molecule has 0 aliphatic carbocycles. The van der Waals surface area contributed by atoms with Gasteiger partial charge in [0.25, 0.3) is 0 Å². The molecule has 1 aromatic carbocycles. The lowest BCUT2D eigenvalue weighted by atomic mass is 9.95. The number of nitrogens with one attached hydrogen (secondary N) is 1. The van der Waals surface area contributed by atoms with Crippen LogP contribution in [0.5, 0.6) is 0 Å². The minimum atomic E-state index is 0.339. The van der Waals surface area contributed by atoms with E-state index in [1.54, 1.807) is 0 Å². The monoisotopic (exact) mass is 283 g/mol. The van der Waals surface area contributed by atoms with Gasteiger partial charge in [-0.1, -0.05) is 45.0 Å². The normalized spacial score (nSPS) is 12.6. The standard InChI is InChI=1S/C18H25N3/c1-5-15-6-8-16(9-7-15)18(13(2)3)20-12-17-10-11-19-14(4)21-17/h6-11,13,18,20H,5,12H2,1-4H3. The van der Waals surface area contributed by atoms with Gasteiger partial charge in [-0.3, -0.25) is 0 Å². The van der Waals surface area contributed by atoms with Gasteiger partial charge in [0.1, 0.15) is 5.82 Å². The van der Waals surface area contributed by atoms with Crippen LogP contribution in [-0.2, 0) is 13.0 Å². The van der Waals surface area contributed by atoms with Crippen molar-refractivity contribution in [3.05, 3.63) is 59.2 Å². The van der Waals surface area contributed by atoms with Crippen molar-refractivity contribution in [3.63, 3.8) is 0 Å². The zero-order valence-electron chi connectivity index (χ0n) is 13.4. The lowest BCUT2D eigenvalue weighted by molar-refractivity contribution is 0.408. The molecule has 1 heterocycles. The van der Waals surface area contributed by atoms with Crippen molar-refractivity contribution >= 4 is 0 Å². The van der Waals surface area contributed by atoms with Gasteiger partial charge < -0.3 is 5.32 Å². The van der Waals surface area contributed by atoms with Crippen LogP contribution < -0.4 is 5.32 Å². The van der Waals surface area contributed by atoms with E-state index in [9.17, 15) is 0 Å². The van der Waals surface area contributed by atoms with Crippen molar-refractivity contribution in [3.8, 4) is 0 Å². The van der Waals surface area contributed by atoms with Crippen LogP contribution in [0.15, 0.2) is 36.5 Å². The van der Waals surface area contributed by atoms with Crippen molar-refractivity contribution in [2.75, 3.05) is 0 Å². The molecule has 1 atom stereocenters. The Balaban J connectivity index is 2.08. The maximum atomic E-state index is 4.45. The van der Waals surface area contributed by atoms with E-state index < -0.39 is 0 Å². The number of rotatable bonds is 6. The number of hydrogen-bond donors (Lipinski definition) is 1. The number of hydrogen-bond acceptors (Lipinski definition) is 3. The summed E-state index contributed by atoms with van der Waals surface area (Å²) in [4.78, 5) is 8.59. The van der Waals surface area contributed by atoms with E-state index in [2.05, 4.69) is 60.3 Å². The summed E-state index contributed by atoms with van der Waals surface area (Å²) in [5.41, 5.74) is 3.76. The van der Waals surface area contributed by atoms with Crippen LogP contribution in [-0.4, -0.2) is 9.97 Å². The van der Waals surface area contributed by atoms with Crippen molar-refractivity contribution in [2.45, 2.75) is 46.7 Å². The van der Waals surface area contributed by atoms with E-state index >= 15 is 0 Å². The Morgan fingerprint density at radius 2 is 1.81 bits per heavy atom. The number of nitrogens with zero attached hydrogens (tertiary/aromatic N) is 2. The fourth-order valence-electron chi connectivity index (χ4n) is 2.52. The average molecular weight is 283 g/mol. The fourth-order valence-corrected chi connectivity index (χ4v) is 2.52. The van der Waals surface area contributed by atoms with E-state index in [1.165, 1.54) is 11.1 Å². The second-order valence-corrected chi connectivity index (χ2v) is 5.79. The molecule has 21 heavy (non-hydrogen) atoms. The van der Waals surface area contributed by atoms with Crippen LogP contribution in [0.1, 0.15) is 49.5 Å². The molecule has 0 saturated heterocycles. The second kappa shape index (κ2) is 7.32. The molecule has 0 aliphatic heterocycles. The Hall–Kier alpha value is -1.74. The van der Waals surface area contributed by atoms with Crippen LogP contribution in [0, 0.1) is 12.8 Å². The van der Waals surface area contributed by atoms with Crippen molar-refractivity contribution in [2.24, 2.45) is 5.92 Å². The predicted molar refractivity (Wildman–Crippen MR) is 87.0 cm³/mol. The molecule has 0 spiro atoms. The van der Waals surface area contributed by atoms with Gasteiger partial charge in [-0.05, 0) is 36.5 Å². The highest BCUT2D eigenvalue weighted by Gasteiger charge is 2.15. The molecule has 0 fully saturated rings. The van der Waals surface area contributed by atoms with E-state index in [-0.39, 0.29) is 0 Å². The molecule has 0 aliphatic rings. The summed E-state index contributed by atoms with van der Waals surface area (Å²) in [6.45, 7) is 9.37. The summed E-state index contributed by atoms with van der Waals surface area (Å²) in [5.74, 6) is 1.35. The maximum absolute atomic E-state index is 4.45. The van der Waals surface area contributed by atoms with E-state index in [0.717, 1.165) is 24.5 Å². The summed E-state index contributed by atoms with van der Waals surface area (Å²) in [6.07, 6.45) is 2.90. The smallest absolute Gasteiger partial charge is 0.125 e. The molecule has 112 valence electrons. The first-order valence-electron chi connectivity index (χ1n) is 7.71. The molecule has 1 aromatic heterocycles. The third kappa shape index (κ3) is 4.36. The van der Waals surface area contributed by atoms with Crippen LogP contribution in [0.4, 0.5) is 0 Å². The fraction of sp³-hybridized carbons (Fsp3) is 0.444. The van der Waals surface area contributed by atoms with Crippen LogP contribution in [0.25, 0.3) is 0 Å². The Morgan fingerprint density at radius 3 is 2.38 bits per heavy atom. The summed E-state index contributed by atoms with van der Waals surface area (Å²) >= 11 is 0. The molecule has 3 nitrogen and oxygen atoms in total. The first-order chi connectivity index (χ1) is 10.1. The highest BCUT2D eigenvalue weighted by Crippen LogP contribution is 2.22. The Bertz CT molecular complexity index is 561. The minimum Gasteiger partial charge on any atom is -0.304 e. The highest BCUT2D eigenvalue weighted by atomic mass is 15.0. The maximum Gasteiger partial charge on any atom is 0.125 e. The topological polar surface area (TPSA) is 37.8 Å². The first kappa shape index (κ1) is 15.6.